The Kier molecular flexibility index (Phi) is 4.23. The summed E-state index contributed by atoms with van der Waals surface area (Å²) in [6, 6.07) is 3.46. The van der Waals surface area contributed by atoms with Crippen LogP contribution in [0.2, 0.25) is 0 Å². The number of hydrogen-bond donors (Lipinski definition) is 2. The Hall–Kier alpha value is -1.77. The van der Waals surface area contributed by atoms with Gasteiger partial charge in [0.05, 0.1) is 11.3 Å². The van der Waals surface area contributed by atoms with Gasteiger partial charge in [0.1, 0.15) is 5.66 Å². The van der Waals surface area contributed by atoms with Crippen molar-refractivity contribution in [1.29, 1.82) is 0 Å². The first kappa shape index (κ1) is 17.1. The van der Waals surface area contributed by atoms with E-state index in [-0.39, 0.29) is 11.9 Å². The molecule has 1 fully saturated rings. The van der Waals surface area contributed by atoms with Gasteiger partial charge in [-0.15, -0.1) is 0 Å². The highest BCUT2D eigenvalue weighted by atomic mass is 79.9. The summed E-state index contributed by atoms with van der Waals surface area (Å²) in [5.41, 5.74) is 10.6. The first-order chi connectivity index (χ1) is 11.2. The number of rotatable bonds is 1. The Labute approximate surface area is 145 Å². The van der Waals surface area contributed by atoms with Crippen LogP contribution in [0.5, 0.6) is 0 Å². The maximum absolute atomic E-state index is 13.1. The highest BCUT2D eigenvalue weighted by molar-refractivity contribution is 9.10. The fourth-order valence-electron chi connectivity index (χ4n) is 3.33. The van der Waals surface area contributed by atoms with Gasteiger partial charge in [0.25, 0.3) is 0 Å². The molecular formula is C15H17BrF3N5. The lowest BCUT2D eigenvalue weighted by atomic mass is 9.87. The third-order valence-electron chi connectivity index (χ3n) is 4.37. The van der Waals surface area contributed by atoms with Gasteiger partial charge in [-0.3, -0.25) is 4.90 Å². The predicted octanol–water partition coefficient (Wildman–Crippen LogP) is 3.58. The Morgan fingerprint density at radius 2 is 1.79 bits per heavy atom. The molecule has 1 heterocycles. The van der Waals surface area contributed by atoms with Gasteiger partial charge in [0.15, 0.2) is 0 Å². The van der Waals surface area contributed by atoms with Crippen molar-refractivity contribution in [2.45, 2.75) is 43.9 Å². The molecule has 3 rings (SSSR count). The van der Waals surface area contributed by atoms with Gasteiger partial charge in [-0.1, -0.05) is 6.42 Å². The topological polar surface area (TPSA) is 80.0 Å². The van der Waals surface area contributed by atoms with E-state index in [0.717, 1.165) is 31.4 Å². The van der Waals surface area contributed by atoms with E-state index < -0.39 is 17.4 Å². The number of nitrogens with two attached hydrogens (primary N) is 2. The highest BCUT2D eigenvalue weighted by Crippen LogP contribution is 2.43. The molecule has 4 N–H and O–H groups in total. The molecule has 0 saturated heterocycles. The summed E-state index contributed by atoms with van der Waals surface area (Å²) in [7, 11) is 0. The standard InChI is InChI=1S/C15H17BrF3N5/c16-10-5-4-9(15(17,18)19)8-11(10)24-13(21)22-12(20)23-14(24)6-2-1-3-7-14/h4-5,8H,1-3,6-7H2,(H4,20,21,22,23). The summed E-state index contributed by atoms with van der Waals surface area (Å²) >= 11 is 3.33. The Morgan fingerprint density at radius 3 is 2.42 bits per heavy atom. The number of aliphatic imine (C=N–C) groups is 2. The molecule has 0 radical (unpaired) electrons. The van der Waals surface area contributed by atoms with E-state index in [4.69, 9.17) is 11.5 Å². The zero-order valence-electron chi connectivity index (χ0n) is 12.8. The first-order valence-electron chi connectivity index (χ1n) is 7.59. The largest absolute Gasteiger partial charge is 0.416 e. The monoisotopic (exact) mass is 403 g/mol. The van der Waals surface area contributed by atoms with Crippen molar-refractivity contribution < 1.29 is 13.2 Å². The van der Waals surface area contributed by atoms with E-state index in [1.54, 1.807) is 4.90 Å². The van der Waals surface area contributed by atoms with Crippen molar-refractivity contribution in [2.24, 2.45) is 21.5 Å². The average Bonchev–Trinajstić information content (AvgIpc) is 2.48. The third-order valence-corrected chi connectivity index (χ3v) is 5.04. The lowest BCUT2D eigenvalue weighted by molar-refractivity contribution is -0.137. The summed E-state index contributed by atoms with van der Waals surface area (Å²) in [6.07, 6.45) is -0.279. The van der Waals surface area contributed by atoms with Crippen LogP contribution in [-0.4, -0.2) is 17.6 Å². The number of nitrogens with zero attached hydrogens (tertiary/aromatic N) is 3. The number of halogens is 4. The van der Waals surface area contributed by atoms with Gasteiger partial charge in [-0.05, 0) is 59.8 Å². The number of guanidine groups is 2. The van der Waals surface area contributed by atoms with Crippen LogP contribution >= 0.6 is 15.9 Å². The van der Waals surface area contributed by atoms with E-state index in [1.165, 1.54) is 6.07 Å². The van der Waals surface area contributed by atoms with Gasteiger partial charge in [-0.25, -0.2) is 4.99 Å². The number of benzene rings is 1. The summed E-state index contributed by atoms with van der Waals surface area (Å²) in [5, 5.41) is 0. The average molecular weight is 404 g/mol. The van der Waals surface area contributed by atoms with Gasteiger partial charge >= 0.3 is 6.18 Å². The van der Waals surface area contributed by atoms with E-state index >= 15 is 0 Å². The molecule has 1 aliphatic heterocycles. The second-order valence-corrected chi connectivity index (χ2v) is 6.84. The summed E-state index contributed by atoms with van der Waals surface area (Å²) in [4.78, 5) is 10.0. The fourth-order valence-corrected chi connectivity index (χ4v) is 3.75. The molecule has 0 amide bonds. The molecule has 2 aliphatic rings. The van der Waals surface area contributed by atoms with Gasteiger partial charge in [-0.2, -0.15) is 18.2 Å². The van der Waals surface area contributed by atoms with E-state index in [9.17, 15) is 13.2 Å². The molecule has 9 heteroatoms. The van der Waals surface area contributed by atoms with E-state index in [2.05, 4.69) is 25.9 Å². The number of hydrogen-bond acceptors (Lipinski definition) is 5. The van der Waals surface area contributed by atoms with Gasteiger partial charge < -0.3 is 11.5 Å². The lowest BCUT2D eigenvalue weighted by Crippen LogP contribution is -2.58. The van der Waals surface area contributed by atoms with Crippen LogP contribution in [0.25, 0.3) is 0 Å². The Balaban J connectivity index is 2.14. The minimum atomic E-state index is -4.45. The minimum absolute atomic E-state index is 0.0597. The fraction of sp³-hybridized carbons (Fsp3) is 0.467. The lowest BCUT2D eigenvalue weighted by Gasteiger charge is -2.46. The van der Waals surface area contributed by atoms with E-state index in [1.807, 2.05) is 0 Å². The molecule has 0 bridgehead atoms. The molecular weight excluding hydrogens is 387 g/mol. The minimum Gasteiger partial charge on any atom is -0.369 e. The van der Waals surface area contributed by atoms with Crippen LogP contribution in [-0.2, 0) is 6.18 Å². The van der Waals surface area contributed by atoms with Crippen molar-refractivity contribution in [3.63, 3.8) is 0 Å². The summed E-state index contributed by atoms with van der Waals surface area (Å²) in [5.74, 6) is 0.123. The molecule has 5 nitrogen and oxygen atoms in total. The van der Waals surface area contributed by atoms with Crippen molar-refractivity contribution in [3.8, 4) is 0 Å². The van der Waals surface area contributed by atoms with Crippen LogP contribution in [0, 0.1) is 0 Å². The van der Waals surface area contributed by atoms with Crippen molar-refractivity contribution >= 4 is 33.5 Å². The molecule has 1 aliphatic carbocycles. The number of alkyl halides is 3. The molecule has 130 valence electrons. The van der Waals surface area contributed by atoms with Crippen molar-refractivity contribution in [3.05, 3.63) is 28.2 Å². The smallest absolute Gasteiger partial charge is 0.369 e. The maximum Gasteiger partial charge on any atom is 0.416 e. The molecule has 0 unspecified atom stereocenters. The van der Waals surface area contributed by atoms with E-state index in [0.29, 0.717) is 23.0 Å². The Morgan fingerprint density at radius 1 is 1.12 bits per heavy atom. The zero-order chi connectivity index (χ0) is 17.5. The van der Waals surface area contributed by atoms with Crippen molar-refractivity contribution in [2.75, 3.05) is 4.90 Å². The maximum atomic E-state index is 13.1. The zero-order valence-corrected chi connectivity index (χ0v) is 14.4. The molecule has 0 atom stereocenters. The first-order valence-corrected chi connectivity index (χ1v) is 8.39. The quantitative estimate of drug-likeness (QED) is 0.751. The highest BCUT2D eigenvalue weighted by Gasteiger charge is 2.44. The predicted molar refractivity (Wildman–Crippen MR) is 90.7 cm³/mol. The number of anilines is 1. The SMILES string of the molecule is NC1=NC2(CCCCC2)N(c2cc(C(F)(F)F)ccc2Br)C(N)=N1. The van der Waals surface area contributed by atoms with Crippen LogP contribution in [0.4, 0.5) is 18.9 Å². The van der Waals surface area contributed by atoms with Crippen LogP contribution in [0.15, 0.2) is 32.7 Å². The van der Waals surface area contributed by atoms with Gasteiger partial charge in [0.2, 0.25) is 11.9 Å². The summed E-state index contributed by atoms with van der Waals surface area (Å²) in [6.45, 7) is 0. The molecule has 1 saturated carbocycles. The van der Waals surface area contributed by atoms with Crippen LogP contribution in [0.3, 0.4) is 0 Å². The van der Waals surface area contributed by atoms with Crippen molar-refractivity contribution in [1.82, 2.24) is 0 Å². The molecule has 1 spiro atoms. The molecule has 24 heavy (non-hydrogen) atoms. The summed E-state index contributed by atoms with van der Waals surface area (Å²) < 4.78 is 39.8. The molecule has 1 aromatic carbocycles. The van der Waals surface area contributed by atoms with Crippen LogP contribution < -0.4 is 16.4 Å². The normalized spacial score (nSPS) is 20.8. The molecule has 1 aromatic rings. The van der Waals surface area contributed by atoms with Gasteiger partial charge in [0, 0.05) is 4.47 Å². The third kappa shape index (κ3) is 2.97. The second kappa shape index (κ2) is 5.94. The van der Waals surface area contributed by atoms with Crippen LogP contribution in [0.1, 0.15) is 37.7 Å². The molecule has 0 aromatic heterocycles. The second-order valence-electron chi connectivity index (χ2n) is 5.98. The Bertz CT molecular complexity index is 708.